The molecule has 17 heavy (non-hydrogen) atoms. The Morgan fingerprint density at radius 1 is 1.41 bits per heavy atom. The lowest BCUT2D eigenvalue weighted by atomic mass is 9.64. The van der Waals surface area contributed by atoms with Crippen molar-refractivity contribution in [3.05, 3.63) is 29.3 Å². The Morgan fingerprint density at radius 3 is 2.59 bits per heavy atom. The molecule has 94 valence electrons. The Balaban J connectivity index is 2.05. The highest BCUT2D eigenvalue weighted by Crippen LogP contribution is 2.44. The maximum Gasteiger partial charge on any atom is 0.0637 e. The zero-order chi connectivity index (χ0) is 12.5. The molecular weight excluding hydrogens is 232 g/mol. The molecule has 0 bridgehead atoms. The number of anilines is 1. The molecule has 0 atom stereocenters. The van der Waals surface area contributed by atoms with Gasteiger partial charge in [-0.1, -0.05) is 37.6 Å². The molecule has 1 aromatic carbocycles. The Hall–Kier alpha value is -0.730. The molecule has 0 saturated heterocycles. The van der Waals surface area contributed by atoms with Crippen LogP contribution in [0.2, 0.25) is 5.02 Å². The van der Waals surface area contributed by atoms with E-state index < -0.39 is 0 Å². The highest BCUT2D eigenvalue weighted by molar-refractivity contribution is 6.33. The van der Waals surface area contributed by atoms with Gasteiger partial charge in [0.25, 0.3) is 0 Å². The van der Waals surface area contributed by atoms with Crippen LogP contribution in [0.1, 0.15) is 26.7 Å². The number of para-hydroxylation sites is 1. The van der Waals surface area contributed by atoms with E-state index in [1.54, 1.807) is 0 Å². The maximum atomic E-state index is 6.16. The van der Waals surface area contributed by atoms with Crippen LogP contribution < -0.4 is 11.1 Å². The molecule has 3 heteroatoms. The first-order valence-corrected chi connectivity index (χ1v) is 6.67. The van der Waals surface area contributed by atoms with Crippen molar-refractivity contribution in [3.63, 3.8) is 0 Å². The summed E-state index contributed by atoms with van der Waals surface area (Å²) < 4.78 is 0. The standard InChI is InChI=1S/C14H21ClN2/c1-10(2)11-7-14(8-11,9-16)17-13-6-4-3-5-12(13)15/h3-6,10-11,17H,7-9,16H2,1-2H3. The van der Waals surface area contributed by atoms with Gasteiger partial charge >= 0.3 is 0 Å². The lowest BCUT2D eigenvalue weighted by molar-refractivity contribution is 0.130. The van der Waals surface area contributed by atoms with Crippen LogP contribution in [0.3, 0.4) is 0 Å². The minimum Gasteiger partial charge on any atom is -0.377 e. The Labute approximate surface area is 109 Å². The third-order valence-corrected chi connectivity index (χ3v) is 4.24. The second-order valence-corrected chi connectivity index (χ2v) is 5.91. The molecule has 0 amide bonds. The highest BCUT2D eigenvalue weighted by Gasteiger charge is 2.44. The number of hydrogen-bond acceptors (Lipinski definition) is 2. The molecule has 0 aromatic heterocycles. The van der Waals surface area contributed by atoms with E-state index in [2.05, 4.69) is 19.2 Å². The van der Waals surface area contributed by atoms with Gasteiger partial charge in [0.15, 0.2) is 0 Å². The van der Waals surface area contributed by atoms with Gasteiger partial charge in [-0.15, -0.1) is 0 Å². The molecule has 0 heterocycles. The Bertz CT molecular complexity index is 384. The summed E-state index contributed by atoms with van der Waals surface area (Å²) in [5.41, 5.74) is 6.98. The summed E-state index contributed by atoms with van der Waals surface area (Å²) >= 11 is 6.16. The minimum atomic E-state index is 0.0555. The van der Waals surface area contributed by atoms with Crippen LogP contribution in [-0.2, 0) is 0 Å². The number of rotatable bonds is 4. The van der Waals surface area contributed by atoms with Crippen molar-refractivity contribution in [1.29, 1.82) is 0 Å². The fraction of sp³-hybridized carbons (Fsp3) is 0.571. The van der Waals surface area contributed by atoms with E-state index in [0.717, 1.165) is 35.4 Å². The van der Waals surface area contributed by atoms with E-state index in [1.165, 1.54) is 0 Å². The number of nitrogens with one attached hydrogen (secondary N) is 1. The fourth-order valence-electron chi connectivity index (χ4n) is 2.58. The van der Waals surface area contributed by atoms with Gasteiger partial charge < -0.3 is 11.1 Å². The van der Waals surface area contributed by atoms with E-state index in [1.807, 2.05) is 24.3 Å². The van der Waals surface area contributed by atoms with Crippen molar-refractivity contribution < 1.29 is 0 Å². The zero-order valence-corrected chi connectivity index (χ0v) is 11.3. The first-order valence-electron chi connectivity index (χ1n) is 6.29. The normalized spacial score (nSPS) is 27.9. The van der Waals surface area contributed by atoms with E-state index in [9.17, 15) is 0 Å². The third-order valence-electron chi connectivity index (χ3n) is 3.91. The van der Waals surface area contributed by atoms with Gasteiger partial charge in [0.05, 0.1) is 16.2 Å². The van der Waals surface area contributed by atoms with Gasteiger partial charge in [0, 0.05) is 6.54 Å². The van der Waals surface area contributed by atoms with E-state index >= 15 is 0 Å². The van der Waals surface area contributed by atoms with Crippen LogP contribution in [0.25, 0.3) is 0 Å². The Kier molecular flexibility index (Phi) is 3.64. The summed E-state index contributed by atoms with van der Waals surface area (Å²) in [6, 6.07) is 7.87. The van der Waals surface area contributed by atoms with Crippen molar-refractivity contribution in [3.8, 4) is 0 Å². The summed E-state index contributed by atoms with van der Waals surface area (Å²) in [5.74, 6) is 1.52. The molecule has 2 nitrogen and oxygen atoms in total. The van der Waals surface area contributed by atoms with Crippen LogP contribution >= 0.6 is 11.6 Å². The van der Waals surface area contributed by atoms with Crippen LogP contribution in [0.15, 0.2) is 24.3 Å². The molecule has 0 unspecified atom stereocenters. The highest BCUT2D eigenvalue weighted by atomic mass is 35.5. The molecule has 0 aliphatic heterocycles. The van der Waals surface area contributed by atoms with Gasteiger partial charge in [-0.3, -0.25) is 0 Å². The number of benzene rings is 1. The molecule has 1 saturated carbocycles. The van der Waals surface area contributed by atoms with Gasteiger partial charge in [-0.25, -0.2) is 0 Å². The first-order chi connectivity index (χ1) is 8.06. The number of nitrogens with two attached hydrogens (primary N) is 1. The molecule has 1 aliphatic rings. The number of hydrogen-bond donors (Lipinski definition) is 2. The summed E-state index contributed by atoms with van der Waals surface area (Å²) in [6.45, 7) is 5.22. The number of halogens is 1. The predicted molar refractivity (Wildman–Crippen MR) is 74.4 cm³/mol. The van der Waals surface area contributed by atoms with Crippen LogP contribution in [0.5, 0.6) is 0 Å². The molecule has 1 fully saturated rings. The van der Waals surface area contributed by atoms with E-state index in [0.29, 0.717) is 6.54 Å². The van der Waals surface area contributed by atoms with Crippen LogP contribution in [-0.4, -0.2) is 12.1 Å². The molecule has 1 aliphatic carbocycles. The van der Waals surface area contributed by atoms with Crippen molar-refractivity contribution >= 4 is 17.3 Å². The molecule has 1 aromatic rings. The first kappa shape index (κ1) is 12.7. The molecule has 0 radical (unpaired) electrons. The van der Waals surface area contributed by atoms with Gasteiger partial charge in [0.1, 0.15) is 0 Å². The monoisotopic (exact) mass is 252 g/mol. The van der Waals surface area contributed by atoms with E-state index in [4.69, 9.17) is 17.3 Å². The van der Waals surface area contributed by atoms with Gasteiger partial charge in [0.2, 0.25) is 0 Å². The molecule has 3 N–H and O–H groups in total. The topological polar surface area (TPSA) is 38.0 Å². The maximum absolute atomic E-state index is 6.16. The summed E-state index contributed by atoms with van der Waals surface area (Å²) in [6.07, 6.45) is 2.29. The quantitative estimate of drug-likeness (QED) is 0.861. The lowest BCUT2D eigenvalue weighted by Gasteiger charge is -2.50. The van der Waals surface area contributed by atoms with Crippen molar-refractivity contribution in [2.75, 3.05) is 11.9 Å². The summed E-state index contributed by atoms with van der Waals surface area (Å²) in [5, 5.41) is 4.31. The average molecular weight is 253 g/mol. The minimum absolute atomic E-state index is 0.0555. The SMILES string of the molecule is CC(C)C1CC(CN)(Nc2ccccc2Cl)C1. The van der Waals surface area contributed by atoms with E-state index in [-0.39, 0.29) is 5.54 Å². The predicted octanol–water partition coefficient (Wildman–Crippen LogP) is 3.52. The second kappa shape index (κ2) is 4.87. The molecular formula is C14H21ClN2. The Morgan fingerprint density at radius 2 is 2.06 bits per heavy atom. The second-order valence-electron chi connectivity index (χ2n) is 5.50. The summed E-state index contributed by atoms with van der Waals surface area (Å²) in [4.78, 5) is 0. The van der Waals surface area contributed by atoms with Crippen molar-refractivity contribution in [2.45, 2.75) is 32.2 Å². The lowest BCUT2D eigenvalue weighted by Crippen LogP contribution is -2.56. The van der Waals surface area contributed by atoms with Gasteiger partial charge in [-0.2, -0.15) is 0 Å². The average Bonchev–Trinajstić information content (AvgIpc) is 2.25. The van der Waals surface area contributed by atoms with Crippen molar-refractivity contribution in [1.82, 2.24) is 0 Å². The summed E-state index contributed by atoms with van der Waals surface area (Å²) in [7, 11) is 0. The molecule has 0 spiro atoms. The molecule has 2 rings (SSSR count). The zero-order valence-electron chi connectivity index (χ0n) is 10.5. The van der Waals surface area contributed by atoms with Gasteiger partial charge in [-0.05, 0) is 36.8 Å². The largest absolute Gasteiger partial charge is 0.377 e. The smallest absolute Gasteiger partial charge is 0.0637 e. The van der Waals surface area contributed by atoms with Crippen LogP contribution in [0.4, 0.5) is 5.69 Å². The van der Waals surface area contributed by atoms with Crippen molar-refractivity contribution in [2.24, 2.45) is 17.6 Å². The van der Waals surface area contributed by atoms with Crippen LogP contribution in [0, 0.1) is 11.8 Å². The third kappa shape index (κ3) is 2.58. The fourth-order valence-corrected chi connectivity index (χ4v) is 2.77.